The predicted octanol–water partition coefficient (Wildman–Crippen LogP) is 3.55. The van der Waals surface area contributed by atoms with Gasteiger partial charge < -0.3 is 10.0 Å². The van der Waals surface area contributed by atoms with E-state index in [1.165, 1.54) is 11.3 Å². The number of rotatable bonds is 4. The maximum Gasteiger partial charge on any atom is 0.335 e. The van der Waals surface area contributed by atoms with Crippen LogP contribution in [0.1, 0.15) is 49.1 Å². The van der Waals surface area contributed by atoms with Crippen LogP contribution in [0.4, 0.5) is 0 Å². The molecular formula is C19H22N2O3S. The molecule has 1 aromatic carbocycles. The molecule has 1 fully saturated rings. The van der Waals surface area contributed by atoms with E-state index in [0.717, 1.165) is 53.5 Å². The first-order chi connectivity index (χ1) is 12.0. The third kappa shape index (κ3) is 3.90. The zero-order valence-corrected chi connectivity index (χ0v) is 15.3. The van der Waals surface area contributed by atoms with Crippen LogP contribution in [0, 0.1) is 19.8 Å². The van der Waals surface area contributed by atoms with Gasteiger partial charge in [-0.15, -0.1) is 11.3 Å². The minimum absolute atomic E-state index is 0.0764. The van der Waals surface area contributed by atoms with Gasteiger partial charge in [0.15, 0.2) is 0 Å². The number of hydrogen-bond acceptors (Lipinski definition) is 4. The number of hydrogen-bond donors (Lipinski definition) is 1. The zero-order chi connectivity index (χ0) is 18.0. The highest BCUT2D eigenvalue weighted by Gasteiger charge is 2.26. The van der Waals surface area contributed by atoms with Crippen molar-refractivity contribution in [2.45, 2.75) is 33.1 Å². The van der Waals surface area contributed by atoms with Gasteiger partial charge in [0.05, 0.1) is 16.3 Å². The molecule has 25 heavy (non-hydrogen) atoms. The quantitative estimate of drug-likeness (QED) is 0.907. The van der Waals surface area contributed by atoms with Gasteiger partial charge in [0.2, 0.25) is 0 Å². The van der Waals surface area contributed by atoms with Crippen LogP contribution in [0.15, 0.2) is 24.3 Å². The van der Waals surface area contributed by atoms with E-state index in [2.05, 4.69) is 4.98 Å². The molecule has 6 heteroatoms. The first kappa shape index (κ1) is 17.6. The number of aryl methyl sites for hydroxylation is 2. The summed E-state index contributed by atoms with van der Waals surface area (Å²) in [5.74, 6) is -0.388. The zero-order valence-electron chi connectivity index (χ0n) is 14.5. The molecule has 0 aliphatic carbocycles. The molecule has 0 spiro atoms. The molecule has 1 aliphatic heterocycles. The monoisotopic (exact) mass is 358 g/mol. The SMILES string of the molecule is Cc1nc(C)c(C(=O)N2CCC(Cc3ccccc3C(=O)O)CC2)s1. The molecule has 3 rings (SSSR count). The maximum absolute atomic E-state index is 12.7. The number of amides is 1. The van der Waals surface area contributed by atoms with Crippen molar-refractivity contribution in [3.05, 3.63) is 51.0 Å². The van der Waals surface area contributed by atoms with Crippen molar-refractivity contribution in [1.29, 1.82) is 0 Å². The van der Waals surface area contributed by atoms with E-state index >= 15 is 0 Å². The third-order valence-corrected chi connectivity index (χ3v) is 5.82. The normalized spacial score (nSPS) is 15.4. The van der Waals surface area contributed by atoms with E-state index in [9.17, 15) is 14.7 Å². The minimum Gasteiger partial charge on any atom is -0.478 e. The molecule has 1 aliphatic rings. The topological polar surface area (TPSA) is 70.5 Å². The van der Waals surface area contributed by atoms with Gasteiger partial charge in [-0.1, -0.05) is 18.2 Å². The summed E-state index contributed by atoms with van der Waals surface area (Å²) >= 11 is 1.46. The average molecular weight is 358 g/mol. The van der Waals surface area contributed by atoms with Crippen molar-refractivity contribution < 1.29 is 14.7 Å². The molecule has 0 saturated carbocycles. The number of likely N-dealkylation sites (tertiary alicyclic amines) is 1. The van der Waals surface area contributed by atoms with Crippen molar-refractivity contribution in [1.82, 2.24) is 9.88 Å². The van der Waals surface area contributed by atoms with Gasteiger partial charge in [0.1, 0.15) is 4.88 Å². The Labute approximate surface area is 151 Å². The Morgan fingerprint density at radius 3 is 2.52 bits per heavy atom. The lowest BCUT2D eigenvalue weighted by Crippen LogP contribution is -2.38. The summed E-state index contributed by atoms with van der Waals surface area (Å²) in [6.07, 6.45) is 2.55. The molecule has 0 unspecified atom stereocenters. The third-order valence-electron chi connectivity index (χ3n) is 4.76. The molecule has 1 aromatic heterocycles. The summed E-state index contributed by atoms with van der Waals surface area (Å²) in [7, 11) is 0. The van der Waals surface area contributed by atoms with Crippen LogP contribution in [-0.4, -0.2) is 40.0 Å². The molecule has 1 amide bonds. The van der Waals surface area contributed by atoms with Crippen LogP contribution in [0.25, 0.3) is 0 Å². The summed E-state index contributed by atoms with van der Waals surface area (Å²) in [5, 5.41) is 10.2. The fraction of sp³-hybridized carbons (Fsp3) is 0.421. The van der Waals surface area contributed by atoms with Gasteiger partial charge in [0, 0.05) is 13.1 Å². The summed E-state index contributed by atoms with van der Waals surface area (Å²) in [4.78, 5) is 31.0. The highest BCUT2D eigenvalue weighted by Crippen LogP contribution is 2.26. The lowest BCUT2D eigenvalue weighted by molar-refractivity contribution is 0.0694. The fourth-order valence-electron chi connectivity index (χ4n) is 3.43. The molecule has 0 radical (unpaired) electrons. The van der Waals surface area contributed by atoms with Crippen molar-refractivity contribution in [2.24, 2.45) is 5.92 Å². The van der Waals surface area contributed by atoms with E-state index < -0.39 is 5.97 Å². The van der Waals surface area contributed by atoms with E-state index in [0.29, 0.717) is 11.5 Å². The van der Waals surface area contributed by atoms with Crippen LogP contribution in [0.2, 0.25) is 0 Å². The molecule has 2 heterocycles. The number of carboxylic acid groups (broad SMARTS) is 1. The molecular weight excluding hydrogens is 336 g/mol. The Morgan fingerprint density at radius 1 is 1.24 bits per heavy atom. The first-order valence-corrected chi connectivity index (χ1v) is 9.32. The second kappa shape index (κ2) is 7.35. The summed E-state index contributed by atoms with van der Waals surface area (Å²) in [6.45, 7) is 5.23. The van der Waals surface area contributed by atoms with Crippen molar-refractivity contribution in [3.63, 3.8) is 0 Å². The largest absolute Gasteiger partial charge is 0.478 e. The number of carboxylic acids is 1. The Morgan fingerprint density at radius 2 is 1.92 bits per heavy atom. The summed E-state index contributed by atoms with van der Waals surface area (Å²) in [6, 6.07) is 7.19. The molecule has 5 nitrogen and oxygen atoms in total. The van der Waals surface area contributed by atoms with E-state index in [1.54, 1.807) is 12.1 Å². The second-order valence-corrected chi connectivity index (χ2v) is 7.75. The molecule has 0 bridgehead atoms. The number of aromatic nitrogens is 1. The van der Waals surface area contributed by atoms with Crippen molar-refractivity contribution in [3.8, 4) is 0 Å². The number of aromatic carboxylic acids is 1. The van der Waals surface area contributed by atoms with Crippen LogP contribution < -0.4 is 0 Å². The van der Waals surface area contributed by atoms with Crippen LogP contribution in [0.5, 0.6) is 0 Å². The van der Waals surface area contributed by atoms with Gasteiger partial charge in [-0.2, -0.15) is 0 Å². The lowest BCUT2D eigenvalue weighted by Gasteiger charge is -2.32. The van der Waals surface area contributed by atoms with Crippen LogP contribution >= 0.6 is 11.3 Å². The number of carbonyl (C=O) groups excluding carboxylic acids is 1. The molecule has 132 valence electrons. The highest BCUT2D eigenvalue weighted by molar-refractivity contribution is 7.13. The van der Waals surface area contributed by atoms with E-state index in [4.69, 9.17) is 0 Å². The van der Waals surface area contributed by atoms with Crippen molar-refractivity contribution >= 4 is 23.2 Å². The van der Waals surface area contributed by atoms with Crippen LogP contribution in [-0.2, 0) is 6.42 Å². The van der Waals surface area contributed by atoms with Crippen LogP contribution in [0.3, 0.4) is 0 Å². The molecule has 0 atom stereocenters. The van der Waals surface area contributed by atoms with Gasteiger partial charge in [-0.25, -0.2) is 9.78 Å². The number of piperidine rings is 1. The Hall–Kier alpha value is -2.21. The van der Waals surface area contributed by atoms with Crippen molar-refractivity contribution in [2.75, 3.05) is 13.1 Å². The summed E-state index contributed by atoms with van der Waals surface area (Å²) < 4.78 is 0. The van der Waals surface area contributed by atoms with Gasteiger partial charge >= 0.3 is 5.97 Å². The fourth-order valence-corrected chi connectivity index (χ4v) is 4.32. The Bertz CT molecular complexity index is 792. The van der Waals surface area contributed by atoms with Gasteiger partial charge in [-0.05, 0) is 50.7 Å². The summed E-state index contributed by atoms with van der Waals surface area (Å²) in [5.41, 5.74) is 2.08. The average Bonchev–Trinajstić information content (AvgIpc) is 2.93. The number of nitrogens with zero attached hydrogens (tertiary/aromatic N) is 2. The number of benzene rings is 1. The van der Waals surface area contributed by atoms with E-state index in [1.807, 2.05) is 30.9 Å². The second-order valence-electron chi connectivity index (χ2n) is 6.55. The Balaban J connectivity index is 1.62. The van der Waals surface area contributed by atoms with Gasteiger partial charge in [-0.3, -0.25) is 4.79 Å². The Kier molecular flexibility index (Phi) is 5.18. The smallest absolute Gasteiger partial charge is 0.335 e. The molecule has 2 aromatic rings. The lowest BCUT2D eigenvalue weighted by atomic mass is 9.88. The highest BCUT2D eigenvalue weighted by atomic mass is 32.1. The van der Waals surface area contributed by atoms with E-state index in [-0.39, 0.29) is 5.91 Å². The van der Waals surface area contributed by atoms with Gasteiger partial charge in [0.25, 0.3) is 5.91 Å². The molecule has 1 N–H and O–H groups in total. The maximum atomic E-state index is 12.7. The predicted molar refractivity (Wildman–Crippen MR) is 97.3 cm³/mol. The number of thiazole rings is 1. The molecule has 1 saturated heterocycles. The first-order valence-electron chi connectivity index (χ1n) is 8.50. The number of carbonyl (C=O) groups is 2. The minimum atomic E-state index is -0.876. The standard InChI is InChI=1S/C19H22N2O3S/c1-12-17(25-13(2)20-12)18(22)21-9-7-14(8-10-21)11-15-5-3-4-6-16(15)19(23)24/h3-6,14H,7-11H2,1-2H3,(H,23,24).